The highest BCUT2D eigenvalue weighted by molar-refractivity contribution is 7.13. The molecule has 198 valence electrons. The zero-order chi connectivity index (χ0) is 26.5. The van der Waals surface area contributed by atoms with Gasteiger partial charge in [0.2, 0.25) is 0 Å². The number of benzene rings is 1. The van der Waals surface area contributed by atoms with Crippen LogP contribution in [0.15, 0.2) is 54.0 Å². The van der Waals surface area contributed by atoms with Crippen LogP contribution in [0.5, 0.6) is 5.75 Å². The number of aromatic nitrogens is 3. The number of methoxy groups -OCH3 is 1. The van der Waals surface area contributed by atoms with E-state index in [1.165, 1.54) is 32.1 Å². The van der Waals surface area contributed by atoms with Crippen molar-refractivity contribution in [1.29, 1.82) is 0 Å². The van der Waals surface area contributed by atoms with E-state index in [-0.39, 0.29) is 5.91 Å². The first-order valence-electron chi connectivity index (χ1n) is 13.6. The molecule has 4 aromatic rings. The summed E-state index contributed by atoms with van der Waals surface area (Å²) in [6, 6.07) is 14.2. The number of pyridine rings is 1. The van der Waals surface area contributed by atoms with Gasteiger partial charge in [0.1, 0.15) is 10.8 Å². The first-order chi connectivity index (χ1) is 18.6. The van der Waals surface area contributed by atoms with Gasteiger partial charge in [0.25, 0.3) is 5.91 Å². The summed E-state index contributed by atoms with van der Waals surface area (Å²) < 4.78 is 7.55. The molecule has 0 unspecified atom stereocenters. The van der Waals surface area contributed by atoms with Crippen LogP contribution in [0.1, 0.15) is 66.3 Å². The Bertz CT molecular complexity index is 1380. The predicted octanol–water partition coefficient (Wildman–Crippen LogP) is 6.91. The molecule has 1 saturated carbocycles. The summed E-state index contributed by atoms with van der Waals surface area (Å²) in [5.74, 6) is 1.41. The van der Waals surface area contributed by atoms with Crippen molar-refractivity contribution in [3.63, 3.8) is 0 Å². The van der Waals surface area contributed by atoms with Gasteiger partial charge in [-0.15, -0.1) is 11.3 Å². The minimum absolute atomic E-state index is 0.0000196. The molecule has 1 fully saturated rings. The number of nitrogens with zero attached hydrogens (tertiary/aromatic N) is 3. The largest absolute Gasteiger partial charge is 0.497 e. The molecule has 1 N–H and O–H groups in total. The topological polar surface area (TPSA) is 69.0 Å². The number of hydrogen-bond acceptors (Lipinski definition) is 5. The minimum atomic E-state index is -0.0000196. The Morgan fingerprint density at radius 1 is 1.13 bits per heavy atom. The molecule has 0 atom stereocenters. The Labute approximate surface area is 229 Å². The second kappa shape index (κ2) is 11.9. The van der Waals surface area contributed by atoms with Crippen LogP contribution in [-0.4, -0.2) is 34.1 Å². The van der Waals surface area contributed by atoms with Crippen molar-refractivity contribution in [3.05, 3.63) is 76.6 Å². The highest BCUT2D eigenvalue weighted by atomic mass is 32.1. The van der Waals surface area contributed by atoms with E-state index in [9.17, 15) is 4.79 Å². The summed E-state index contributed by atoms with van der Waals surface area (Å²) in [5.41, 5.74) is 6.76. The number of carbonyl (C=O) groups excluding carboxylic acids is 1. The van der Waals surface area contributed by atoms with Gasteiger partial charge >= 0.3 is 0 Å². The summed E-state index contributed by atoms with van der Waals surface area (Å²) in [6.45, 7) is 5.53. The zero-order valence-corrected chi connectivity index (χ0v) is 23.3. The van der Waals surface area contributed by atoms with Crippen LogP contribution in [0.2, 0.25) is 0 Å². The summed E-state index contributed by atoms with van der Waals surface area (Å²) in [5, 5.41) is 6.27. The van der Waals surface area contributed by atoms with E-state index in [2.05, 4.69) is 45.4 Å². The van der Waals surface area contributed by atoms with Gasteiger partial charge in [-0.05, 0) is 68.0 Å². The van der Waals surface area contributed by atoms with Gasteiger partial charge in [-0.1, -0.05) is 38.3 Å². The lowest BCUT2D eigenvalue weighted by Crippen LogP contribution is -2.30. The lowest BCUT2D eigenvalue weighted by molar-refractivity contribution is 0.0943. The fourth-order valence-corrected chi connectivity index (χ4v) is 6.07. The summed E-state index contributed by atoms with van der Waals surface area (Å²) >= 11 is 1.62. The molecule has 3 heterocycles. The van der Waals surface area contributed by atoms with Crippen LogP contribution in [0, 0.1) is 12.8 Å². The average Bonchev–Trinajstić information content (AvgIpc) is 3.58. The van der Waals surface area contributed by atoms with Crippen molar-refractivity contribution in [2.75, 3.05) is 13.7 Å². The van der Waals surface area contributed by atoms with Crippen molar-refractivity contribution in [2.24, 2.45) is 5.92 Å². The summed E-state index contributed by atoms with van der Waals surface area (Å²) in [4.78, 5) is 22.8. The predicted molar refractivity (Wildman–Crippen MR) is 154 cm³/mol. The van der Waals surface area contributed by atoms with Gasteiger partial charge in [0, 0.05) is 41.6 Å². The minimum Gasteiger partial charge on any atom is -0.497 e. The van der Waals surface area contributed by atoms with Gasteiger partial charge in [-0.25, -0.2) is 4.98 Å². The summed E-state index contributed by atoms with van der Waals surface area (Å²) in [6.07, 6.45) is 9.00. The molecule has 1 amide bonds. The molecule has 0 radical (unpaired) electrons. The number of ether oxygens (including phenoxy) is 1. The first kappa shape index (κ1) is 26.2. The second-order valence-corrected chi connectivity index (χ2v) is 11.0. The van der Waals surface area contributed by atoms with Crippen molar-refractivity contribution in [2.45, 2.75) is 58.9 Å². The fraction of sp³-hybridized carbons (Fsp3) is 0.387. The third-order valence-corrected chi connectivity index (χ3v) is 8.47. The van der Waals surface area contributed by atoms with Crippen LogP contribution >= 0.6 is 11.3 Å². The number of hydrogen-bond donors (Lipinski definition) is 1. The van der Waals surface area contributed by atoms with Gasteiger partial charge in [0.15, 0.2) is 0 Å². The highest BCUT2D eigenvalue weighted by Crippen LogP contribution is 2.32. The molecule has 1 aromatic carbocycles. The van der Waals surface area contributed by atoms with Gasteiger partial charge < -0.3 is 14.6 Å². The molecular weight excluding hydrogens is 492 g/mol. The molecule has 0 saturated heterocycles. The van der Waals surface area contributed by atoms with Gasteiger partial charge in [-0.2, -0.15) is 0 Å². The van der Waals surface area contributed by atoms with E-state index < -0.39 is 0 Å². The van der Waals surface area contributed by atoms with E-state index in [1.807, 2.05) is 37.4 Å². The lowest BCUT2D eigenvalue weighted by atomic mass is 9.89. The monoisotopic (exact) mass is 528 g/mol. The zero-order valence-electron chi connectivity index (χ0n) is 22.5. The van der Waals surface area contributed by atoms with E-state index in [4.69, 9.17) is 9.72 Å². The Hall–Kier alpha value is -3.45. The normalized spacial score (nSPS) is 14.0. The highest BCUT2D eigenvalue weighted by Gasteiger charge is 2.22. The number of rotatable bonds is 9. The molecule has 6 nitrogen and oxygen atoms in total. The Morgan fingerprint density at radius 2 is 1.92 bits per heavy atom. The molecule has 1 aliphatic rings. The third kappa shape index (κ3) is 5.83. The molecule has 1 aliphatic carbocycles. The number of nitrogens with one attached hydrogen (secondary N) is 1. The lowest BCUT2D eigenvalue weighted by Gasteiger charge is -2.21. The fourth-order valence-electron chi connectivity index (χ4n) is 5.26. The van der Waals surface area contributed by atoms with E-state index in [0.717, 1.165) is 63.2 Å². The first-order valence-corrected chi connectivity index (χ1v) is 14.5. The maximum absolute atomic E-state index is 13.4. The van der Waals surface area contributed by atoms with Crippen molar-refractivity contribution < 1.29 is 9.53 Å². The molecule has 0 bridgehead atoms. The molecule has 7 heteroatoms. The molecular formula is C31H36N4O2S. The second-order valence-electron chi connectivity index (χ2n) is 10.1. The standard InChI is InChI=1S/C31H36N4O2S/c1-4-25-16-24(14-15-32-25)31-34-28(20-38-31)29-17-27(30(36)33-18-22-8-6-5-7-9-22)21(2)35(29)19-23-10-12-26(37-3)13-11-23/h10-17,20,22H,4-9,18-19H2,1-3H3,(H,33,36). The SMILES string of the molecule is CCc1cc(-c2nc(-c3cc(C(=O)NCC4CCCCC4)c(C)n3Cc3ccc(OC)cc3)cs2)ccn1. The number of aryl methyl sites for hydroxylation is 1. The van der Waals surface area contributed by atoms with Crippen LogP contribution in [0.3, 0.4) is 0 Å². The maximum Gasteiger partial charge on any atom is 0.253 e. The molecule has 38 heavy (non-hydrogen) atoms. The van der Waals surface area contributed by atoms with Gasteiger partial charge in [0.05, 0.1) is 24.1 Å². The van der Waals surface area contributed by atoms with Crippen molar-refractivity contribution in [1.82, 2.24) is 19.9 Å². The maximum atomic E-state index is 13.4. The van der Waals surface area contributed by atoms with Crippen molar-refractivity contribution >= 4 is 17.2 Å². The number of thiazole rings is 1. The smallest absolute Gasteiger partial charge is 0.253 e. The Morgan fingerprint density at radius 3 is 2.66 bits per heavy atom. The van der Waals surface area contributed by atoms with Crippen LogP contribution < -0.4 is 10.1 Å². The average molecular weight is 529 g/mol. The third-order valence-electron chi connectivity index (χ3n) is 7.58. The van der Waals surface area contributed by atoms with E-state index >= 15 is 0 Å². The molecule has 5 rings (SSSR count). The van der Waals surface area contributed by atoms with E-state index in [1.54, 1.807) is 18.4 Å². The van der Waals surface area contributed by atoms with Crippen molar-refractivity contribution in [3.8, 4) is 27.7 Å². The molecule has 3 aromatic heterocycles. The number of carbonyl (C=O) groups is 1. The Balaban J connectivity index is 1.46. The Kier molecular flexibility index (Phi) is 8.23. The summed E-state index contributed by atoms with van der Waals surface area (Å²) in [7, 11) is 1.67. The molecule has 0 aliphatic heterocycles. The number of amides is 1. The van der Waals surface area contributed by atoms with Crippen LogP contribution in [0.4, 0.5) is 0 Å². The van der Waals surface area contributed by atoms with Gasteiger partial charge in [-0.3, -0.25) is 9.78 Å². The van der Waals surface area contributed by atoms with Crippen LogP contribution in [0.25, 0.3) is 22.0 Å². The van der Waals surface area contributed by atoms with Crippen LogP contribution in [-0.2, 0) is 13.0 Å². The van der Waals surface area contributed by atoms with E-state index in [0.29, 0.717) is 12.5 Å². The quantitative estimate of drug-likeness (QED) is 0.256. The molecule has 0 spiro atoms.